The van der Waals surface area contributed by atoms with Crippen LogP contribution < -0.4 is 0 Å². The molecular formula is C20H25FN2O2. The van der Waals surface area contributed by atoms with Crippen LogP contribution in [-0.4, -0.2) is 40.1 Å². The van der Waals surface area contributed by atoms with Gasteiger partial charge in [-0.2, -0.15) is 0 Å². The maximum atomic E-state index is 13.6. The summed E-state index contributed by atoms with van der Waals surface area (Å²) in [5.41, 5.74) is 2.56. The van der Waals surface area contributed by atoms with Gasteiger partial charge in [-0.25, -0.2) is 4.39 Å². The molecule has 134 valence electrons. The molecule has 0 radical (unpaired) electrons. The molecule has 2 heterocycles. The van der Waals surface area contributed by atoms with Gasteiger partial charge in [0.15, 0.2) is 0 Å². The van der Waals surface area contributed by atoms with Crippen LogP contribution in [0.5, 0.6) is 0 Å². The van der Waals surface area contributed by atoms with Crippen molar-refractivity contribution in [3.63, 3.8) is 0 Å². The Morgan fingerprint density at radius 3 is 2.96 bits per heavy atom. The van der Waals surface area contributed by atoms with E-state index in [0.29, 0.717) is 6.54 Å². The number of piperidine rings is 1. The first kappa shape index (κ1) is 16.6. The van der Waals surface area contributed by atoms with E-state index in [1.54, 1.807) is 6.07 Å². The lowest BCUT2D eigenvalue weighted by Gasteiger charge is -2.42. The monoisotopic (exact) mass is 344 g/mol. The van der Waals surface area contributed by atoms with Crippen LogP contribution >= 0.6 is 0 Å². The summed E-state index contributed by atoms with van der Waals surface area (Å²) < 4.78 is 13.6. The van der Waals surface area contributed by atoms with E-state index < -0.39 is 0 Å². The highest BCUT2D eigenvalue weighted by molar-refractivity contribution is 5.90. The van der Waals surface area contributed by atoms with Crippen molar-refractivity contribution in [3.05, 3.63) is 35.3 Å². The standard InChI is InChI=1S/C20H25FN2O2/c1-13-15(16-10-14(21)5-6-17(16)22-13)11-19(25)23-9-3-8-20(12-23)7-2-4-18(20)24/h5-6,10,18,22,24H,2-4,7-9,11-12H2,1H3/t18-,20-/m1/s1. The second-order valence-electron chi connectivity index (χ2n) is 7.78. The van der Waals surface area contributed by atoms with Gasteiger partial charge in [-0.05, 0) is 56.4 Å². The summed E-state index contributed by atoms with van der Waals surface area (Å²) in [6.07, 6.45) is 4.86. The zero-order valence-electron chi connectivity index (χ0n) is 14.6. The Balaban J connectivity index is 1.56. The van der Waals surface area contributed by atoms with Crippen molar-refractivity contribution in [2.24, 2.45) is 5.41 Å². The summed E-state index contributed by atoms with van der Waals surface area (Å²) in [5.74, 6) is -0.211. The van der Waals surface area contributed by atoms with Gasteiger partial charge in [-0.15, -0.1) is 0 Å². The van der Waals surface area contributed by atoms with Gasteiger partial charge in [0.2, 0.25) is 5.91 Å². The topological polar surface area (TPSA) is 56.3 Å². The van der Waals surface area contributed by atoms with E-state index in [1.165, 1.54) is 12.1 Å². The minimum absolute atomic E-state index is 0.0754. The maximum absolute atomic E-state index is 13.6. The molecule has 1 aliphatic heterocycles. The largest absolute Gasteiger partial charge is 0.392 e. The van der Waals surface area contributed by atoms with Gasteiger partial charge in [0.1, 0.15) is 5.82 Å². The van der Waals surface area contributed by atoms with Gasteiger partial charge < -0.3 is 15.0 Å². The Kier molecular flexibility index (Phi) is 4.07. The number of halogens is 1. The number of likely N-dealkylation sites (tertiary alicyclic amines) is 1. The molecule has 2 fully saturated rings. The number of fused-ring (bicyclic) bond motifs is 1. The Bertz CT molecular complexity index is 815. The highest BCUT2D eigenvalue weighted by Gasteiger charge is 2.45. The van der Waals surface area contributed by atoms with E-state index in [-0.39, 0.29) is 29.7 Å². The Labute approximate surface area is 147 Å². The minimum atomic E-state index is -0.286. The molecule has 4 rings (SSSR count). The zero-order valence-corrected chi connectivity index (χ0v) is 14.6. The first-order valence-electron chi connectivity index (χ1n) is 9.21. The van der Waals surface area contributed by atoms with Crippen molar-refractivity contribution >= 4 is 16.8 Å². The number of hydrogen-bond donors (Lipinski definition) is 2. The number of H-pyrrole nitrogens is 1. The molecule has 0 unspecified atom stereocenters. The average Bonchev–Trinajstić information content (AvgIpc) is 3.08. The summed E-state index contributed by atoms with van der Waals surface area (Å²) in [7, 11) is 0. The third-order valence-corrected chi connectivity index (χ3v) is 6.23. The smallest absolute Gasteiger partial charge is 0.227 e. The number of nitrogens with one attached hydrogen (secondary N) is 1. The lowest BCUT2D eigenvalue weighted by Crippen LogP contribution is -2.49. The fraction of sp³-hybridized carbons (Fsp3) is 0.550. The van der Waals surface area contributed by atoms with Crippen LogP contribution in [0.3, 0.4) is 0 Å². The molecule has 1 aromatic heterocycles. The quantitative estimate of drug-likeness (QED) is 0.878. The second-order valence-corrected chi connectivity index (χ2v) is 7.78. The van der Waals surface area contributed by atoms with E-state index in [0.717, 1.165) is 60.8 Å². The molecule has 1 aromatic carbocycles. The maximum Gasteiger partial charge on any atom is 0.227 e. The first-order chi connectivity index (χ1) is 12.0. The van der Waals surface area contributed by atoms with Gasteiger partial charge >= 0.3 is 0 Å². The lowest BCUT2D eigenvalue weighted by molar-refractivity contribution is -0.135. The number of rotatable bonds is 2. The second kappa shape index (κ2) is 6.13. The molecule has 1 spiro atoms. The average molecular weight is 344 g/mol. The van der Waals surface area contributed by atoms with Gasteiger partial charge in [0.05, 0.1) is 12.5 Å². The molecule has 2 N–H and O–H groups in total. The predicted octanol–water partition coefficient (Wildman–Crippen LogP) is 3.31. The highest BCUT2D eigenvalue weighted by Crippen LogP contribution is 2.45. The number of amides is 1. The van der Waals surface area contributed by atoms with Crippen molar-refractivity contribution in [2.45, 2.75) is 51.6 Å². The number of aromatic nitrogens is 1. The fourth-order valence-electron chi connectivity index (χ4n) is 4.81. The summed E-state index contributed by atoms with van der Waals surface area (Å²) in [4.78, 5) is 18.1. The Hall–Kier alpha value is -1.88. The van der Waals surface area contributed by atoms with Crippen LogP contribution in [0.1, 0.15) is 43.4 Å². The molecule has 0 bridgehead atoms. The summed E-state index contributed by atoms with van der Waals surface area (Å²) in [5, 5.41) is 11.2. The molecule has 5 heteroatoms. The van der Waals surface area contributed by atoms with Crippen LogP contribution in [0.15, 0.2) is 18.2 Å². The zero-order chi connectivity index (χ0) is 17.6. The number of aromatic amines is 1. The SMILES string of the molecule is Cc1[nH]c2ccc(F)cc2c1CC(=O)N1CCC[C@]2(CCC[C@H]2O)C1. The molecule has 1 saturated heterocycles. The Morgan fingerprint density at radius 1 is 1.40 bits per heavy atom. The molecule has 25 heavy (non-hydrogen) atoms. The molecular weight excluding hydrogens is 319 g/mol. The third-order valence-electron chi connectivity index (χ3n) is 6.23. The lowest BCUT2D eigenvalue weighted by atomic mass is 9.76. The van der Waals surface area contributed by atoms with Crippen LogP contribution in [-0.2, 0) is 11.2 Å². The molecule has 2 atom stereocenters. The van der Waals surface area contributed by atoms with E-state index in [2.05, 4.69) is 4.98 Å². The highest BCUT2D eigenvalue weighted by atomic mass is 19.1. The number of nitrogens with zero attached hydrogens (tertiary/aromatic N) is 1. The van der Waals surface area contributed by atoms with Crippen molar-refractivity contribution in [2.75, 3.05) is 13.1 Å². The number of aryl methyl sites for hydroxylation is 1. The Morgan fingerprint density at radius 2 is 2.20 bits per heavy atom. The van der Waals surface area contributed by atoms with E-state index in [9.17, 15) is 14.3 Å². The van der Waals surface area contributed by atoms with Crippen molar-refractivity contribution in [3.8, 4) is 0 Å². The predicted molar refractivity (Wildman–Crippen MR) is 94.8 cm³/mol. The number of aliphatic hydroxyl groups is 1. The van der Waals surface area contributed by atoms with Crippen molar-refractivity contribution in [1.29, 1.82) is 0 Å². The number of aliphatic hydroxyl groups excluding tert-OH is 1. The van der Waals surface area contributed by atoms with E-state index >= 15 is 0 Å². The summed E-state index contributed by atoms with van der Waals surface area (Å²) in [6.45, 7) is 3.34. The molecule has 2 aromatic rings. The fourth-order valence-corrected chi connectivity index (χ4v) is 4.81. The normalized spacial score (nSPS) is 26.7. The third kappa shape index (κ3) is 2.84. The summed E-state index contributed by atoms with van der Waals surface area (Å²) in [6, 6.07) is 4.65. The van der Waals surface area contributed by atoms with Crippen molar-refractivity contribution < 1.29 is 14.3 Å². The van der Waals surface area contributed by atoms with Crippen LogP contribution in [0.2, 0.25) is 0 Å². The molecule has 1 amide bonds. The molecule has 4 nitrogen and oxygen atoms in total. The van der Waals surface area contributed by atoms with Crippen LogP contribution in [0.4, 0.5) is 4.39 Å². The van der Waals surface area contributed by atoms with Gasteiger partial charge in [0.25, 0.3) is 0 Å². The number of carbonyl (C=O) groups is 1. The number of benzene rings is 1. The van der Waals surface area contributed by atoms with Crippen LogP contribution in [0, 0.1) is 18.2 Å². The number of hydrogen-bond acceptors (Lipinski definition) is 2. The van der Waals surface area contributed by atoms with E-state index in [1.807, 2.05) is 11.8 Å². The van der Waals surface area contributed by atoms with E-state index in [4.69, 9.17) is 0 Å². The molecule has 1 aliphatic carbocycles. The summed E-state index contributed by atoms with van der Waals surface area (Å²) >= 11 is 0. The van der Waals surface area contributed by atoms with Gasteiger partial charge in [-0.3, -0.25) is 4.79 Å². The molecule has 1 saturated carbocycles. The van der Waals surface area contributed by atoms with Crippen LogP contribution in [0.25, 0.3) is 10.9 Å². The minimum Gasteiger partial charge on any atom is -0.392 e. The first-order valence-corrected chi connectivity index (χ1v) is 9.21. The van der Waals surface area contributed by atoms with Crippen molar-refractivity contribution in [1.82, 2.24) is 9.88 Å². The van der Waals surface area contributed by atoms with Gasteiger partial charge in [-0.1, -0.05) is 6.42 Å². The van der Waals surface area contributed by atoms with Gasteiger partial charge in [0, 0.05) is 35.1 Å². The molecule has 2 aliphatic rings. The number of carbonyl (C=O) groups excluding carboxylic acids is 1.